The second kappa shape index (κ2) is 12.1. The van der Waals surface area contributed by atoms with Crippen LogP contribution in [0.5, 0.6) is 5.75 Å². The van der Waals surface area contributed by atoms with E-state index in [1.807, 2.05) is 43.3 Å². The molecule has 0 saturated heterocycles. The summed E-state index contributed by atoms with van der Waals surface area (Å²) >= 11 is 1.54. The Kier molecular flexibility index (Phi) is 9.19. The normalized spacial score (nSPS) is 12.4. The Balaban J connectivity index is 2.00. The average molecular weight is 489 g/mol. The van der Waals surface area contributed by atoms with Crippen LogP contribution in [0.15, 0.2) is 66.7 Å². The van der Waals surface area contributed by atoms with Crippen molar-refractivity contribution < 1.29 is 27.4 Å². The maximum atomic E-state index is 13.5. The number of benzene rings is 3. The molecule has 1 unspecified atom stereocenters. The molecule has 3 aromatic carbocycles. The van der Waals surface area contributed by atoms with Gasteiger partial charge in [-0.05, 0) is 53.4 Å². The lowest BCUT2D eigenvalue weighted by atomic mass is 9.92. The molecule has 1 atom stereocenters. The van der Waals surface area contributed by atoms with Crippen LogP contribution >= 0.6 is 11.8 Å². The summed E-state index contributed by atoms with van der Waals surface area (Å²) < 4.78 is 51.4. The number of alkyl halides is 3. The number of carbonyl (C=O) groups is 1. The summed E-state index contributed by atoms with van der Waals surface area (Å²) in [6, 6.07) is 18.9. The van der Waals surface area contributed by atoms with Crippen LogP contribution in [-0.4, -0.2) is 26.6 Å². The predicted molar refractivity (Wildman–Crippen MR) is 130 cm³/mol. The number of aldehydes is 1. The van der Waals surface area contributed by atoms with Gasteiger partial charge in [-0.15, -0.1) is 0 Å². The first kappa shape index (κ1) is 25.8. The minimum absolute atomic E-state index is 0.235. The Bertz CT molecular complexity index is 1080. The topological polar surface area (TPSA) is 35.5 Å². The highest BCUT2D eigenvalue weighted by Gasteiger charge is 2.31. The number of thioether (sulfide) groups is 1. The molecule has 0 aliphatic rings. The first-order valence-corrected chi connectivity index (χ1v) is 12.1. The fraction of sp³-hybridized carbons (Fsp3) is 0.296. The van der Waals surface area contributed by atoms with E-state index in [-0.39, 0.29) is 6.61 Å². The highest BCUT2D eigenvalue weighted by molar-refractivity contribution is 7.97. The van der Waals surface area contributed by atoms with Crippen LogP contribution in [0, 0.1) is 0 Å². The van der Waals surface area contributed by atoms with Crippen LogP contribution in [0.4, 0.5) is 13.2 Å². The van der Waals surface area contributed by atoms with Crippen molar-refractivity contribution in [1.82, 2.24) is 0 Å². The highest BCUT2D eigenvalue weighted by Crippen LogP contribution is 2.39. The van der Waals surface area contributed by atoms with Gasteiger partial charge in [0.25, 0.3) is 0 Å². The van der Waals surface area contributed by atoms with Crippen LogP contribution in [0.2, 0.25) is 0 Å². The van der Waals surface area contributed by atoms with E-state index in [2.05, 4.69) is 0 Å². The third-order valence-electron chi connectivity index (χ3n) is 5.41. The standard InChI is InChI=1S/C27H27F3O3S/c1-3-33-16-22(15-31)20-9-12-26(32-2)25(14-20)24-11-10-23(27(28,29)30)13-21(24)18-34-17-19-7-5-4-6-8-19/h4-15,22H,3,16-18H2,1-2H3. The van der Waals surface area contributed by atoms with Crippen molar-refractivity contribution in [3.63, 3.8) is 0 Å². The molecule has 180 valence electrons. The zero-order chi connectivity index (χ0) is 24.6. The van der Waals surface area contributed by atoms with E-state index in [9.17, 15) is 18.0 Å². The molecule has 0 amide bonds. The lowest BCUT2D eigenvalue weighted by molar-refractivity contribution is -0.137. The molecular weight excluding hydrogens is 461 g/mol. The number of rotatable bonds is 11. The average Bonchev–Trinajstić information content (AvgIpc) is 2.84. The molecule has 3 aromatic rings. The van der Waals surface area contributed by atoms with Crippen LogP contribution in [0.25, 0.3) is 11.1 Å². The molecule has 7 heteroatoms. The number of carbonyl (C=O) groups excluding carboxylic acids is 1. The lowest BCUT2D eigenvalue weighted by Crippen LogP contribution is -2.10. The fourth-order valence-electron chi connectivity index (χ4n) is 3.63. The van der Waals surface area contributed by atoms with E-state index in [1.165, 1.54) is 19.2 Å². The summed E-state index contributed by atoms with van der Waals surface area (Å²) in [5.41, 5.74) is 2.98. The molecule has 0 heterocycles. The minimum Gasteiger partial charge on any atom is -0.496 e. The van der Waals surface area contributed by atoms with Gasteiger partial charge in [-0.1, -0.05) is 42.5 Å². The lowest BCUT2D eigenvalue weighted by Gasteiger charge is -2.18. The van der Waals surface area contributed by atoms with Gasteiger partial charge >= 0.3 is 6.18 Å². The molecule has 34 heavy (non-hydrogen) atoms. The molecule has 0 aliphatic carbocycles. The molecule has 0 N–H and O–H groups in total. The Labute approximate surface area is 202 Å². The molecule has 0 bridgehead atoms. The fourth-order valence-corrected chi connectivity index (χ4v) is 4.62. The number of ether oxygens (including phenoxy) is 2. The van der Waals surface area contributed by atoms with Crippen LogP contribution in [0.3, 0.4) is 0 Å². The zero-order valence-electron chi connectivity index (χ0n) is 19.1. The second-order valence-electron chi connectivity index (χ2n) is 7.71. The maximum absolute atomic E-state index is 13.5. The van der Waals surface area contributed by atoms with Gasteiger partial charge in [-0.25, -0.2) is 0 Å². The summed E-state index contributed by atoms with van der Waals surface area (Å²) in [6.45, 7) is 2.57. The van der Waals surface area contributed by atoms with Crippen molar-refractivity contribution in [3.8, 4) is 16.9 Å². The van der Waals surface area contributed by atoms with Gasteiger partial charge in [-0.3, -0.25) is 0 Å². The smallest absolute Gasteiger partial charge is 0.416 e. The van der Waals surface area contributed by atoms with Crippen molar-refractivity contribution in [2.24, 2.45) is 0 Å². The van der Waals surface area contributed by atoms with Crippen LogP contribution in [0.1, 0.15) is 35.1 Å². The molecule has 0 radical (unpaired) electrons. The number of hydrogen-bond donors (Lipinski definition) is 0. The zero-order valence-corrected chi connectivity index (χ0v) is 19.9. The Morgan fingerprint density at radius 3 is 2.38 bits per heavy atom. The Morgan fingerprint density at radius 1 is 0.971 bits per heavy atom. The van der Waals surface area contributed by atoms with E-state index in [0.717, 1.165) is 23.5 Å². The molecule has 3 rings (SSSR count). The molecule has 0 spiro atoms. The third kappa shape index (κ3) is 6.64. The monoisotopic (exact) mass is 488 g/mol. The maximum Gasteiger partial charge on any atom is 0.416 e. The van der Waals surface area contributed by atoms with Crippen LogP contribution < -0.4 is 4.74 Å². The highest BCUT2D eigenvalue weighted by atomic mass is 32.2. The van der Waals surface area contributed by atoms with E-state index in [0.29, 0.717) is 40.6 Å². The number of hydrogen-bond acceptors (Lipinski definition) is 4. The van der Waals surface area contributed by atoms with Gasteiger partial charge in [0, 0.05) is 23.7 Å². The van der Waals surface area contributed by atoms with E-state index >= 15 is 0 Å². The summed E-state index contributed by atoms with van der Waals surface area (Å²) in [7, 11) is 1.52. The van der Waals surface area contributed by atoms with Crippen molar-refractivity contribution in [2.45, 2.75) is 30.5 Å². The summed E-state index contributed by atoms with van der Waals surface area (Å²) in [4.78, 5) is 11.7. The molecule has 3 nitrogen and oxygen atoms in total. The van der Waals surface area contributed by atoms with Gasteiger partial charge in [-0.2, -0.15) is 24.9 Å². The van der Waals surface area contributed by atoms with Crippen molar-refractivity contribution >= 4 is 18.0 Å². The second-order valence-corrected chi connectivity index (χ2v) is 8.70. The van der Waals surface area contributed by atoms with E-state index < -0.39 is 17.7 Å². The molecule has 0 aromatic heterocycles. The van der Waals surface area contributed by atoms with Crippen LogP contribution in [-0.2, 0) is 27.2 Å². The van der Waals surface area contributed by atoms with Gasteiger partial charge in [0.1, 0.15) is 12.0 Å². The van der Waals surface area contributed by atoms with Crippen molar-refractivity contribution in [2.75, 3.05) is 20.3 Å². The predicted octanol–water partition coefficient (Wildman–Crippen LogP) is 7.13. The first-order chi connectivity index (χ1) is 16.4. The molecular formula is C27H27F3O3S. The van der Waals surface area contributed by atoms with Crippen molar-refractivity contribution in [1.29, 1.82) is 0 Å². The minimum atomic E-state index is -4.44. The summed E-state index contributed by atoms with van der Waals surface area (Å²) in [6.07, 6.45) is -3.62. The Morgan fingerprint density at radius 2 is 1.74 bits per heavy atom. The molecule has 0 saturated carbocycles. The quantitative estimate of drug-likeness (QED) is 0.269. The first-order valence-electron chi connectivity index (χ1n) is 10.9. The summed E-state index contributed by atoms with van der Waals surface area (Å²) in [5, 5.41) is 0. The number of halogens is 3. The SMILES string of the molecule is CCOCC(C=O)c1ccc(OC)c(-c2ccc(C(F)(F)F)cc2CSCc2ccccc2)c1. The molecule has 0 fully saturated rings. The van der Waals surface area contributed by atoms with E-state index in [4.69, 9.17) is 9.47 Å². The van der Waals surface area contributed by atoms with Gasteiger partial charge in [0.15, 0.2) is 0 Å². The molecule has 0 aliphatic heterocycles. The van der Waals surface area contributed by atoms with Gasteiger partial charge < -0.3 is 14.3 Å². The van der Waals surface area contributed by atoms with Gasteiger partial charge in [0.2, 0.25) is 0 Å². The largest absolute Gasteiger partial charge is 0.496 e. The van der Waals surface area contributed by atoms with Crippen molar-refractivity contribution in [3.05, 3.63) is 89.0 Å². The third-order valence-corrected chi connectivity index (χ3v) is 6.46. The van der Waals surface area contributed by atoms with E-state index in [1.54, 1.807) is 23.9 Å². The Hall–Kier alpha value is -2.77. The summed E-state index contributed by atoms with van der Waals surface area (Å²) in [5.74, 6) is 1.11. The number of methoxy groups -OCH3 is 1. The van der Waals surface area contributed by atoms with Gasteiger partial charge in [0.05, 0.1) is 25.2 Å².